The molecule has 2 N–H and O–H groups in total. The number of rotatable bonds is 6. The number of nitrogens with one attached hydrogen (secondary N) is 2. The van der Waals surface area contributed by atoms with Crippen molar-refractivity contribution in [1.82, 2.24) is 15.3 Å². The molecule has 0 atom stereocenters. The quantitative estimate of drug-likeness (QED) is 0.689. The molecule has 0 saturated carbocycles. The van der Waals surface area contributed by atoms with Gasteiger partial charge in [-0.3, -0.25) is 9.59 Å². The summed E-state index contributed by atoms with van der Waals surface area (Å²) in [7, 11) is 0. The molecule has 0 radical (unpaired) electrons. The van der Waals surface area contributed by atoms with E-state index in [4.69, 9.17) is 11.6 Å². The van der Waals surface area contributed by atoms with Gasteiger partial charge in [-0.2, -0.15) is 0 Å². The van der Waals surface area contributed by atoms with E-state index in [1.807, 2.05) is 23.6 Å². The summed E-state index contributed by atoms with van der Waals surface area (Å²) in [5, 5.41) is 5.36. The van der Waals surface area contributed by atoms with E-state index in [-0.39, 0.29) is 11.5 Å². The van der Waals surface area contributed by atoms with E-state index in [9.17, 15) is 9.59 Å². The van der Waals surface area contributed by atoms with E-state index in [0.29, 0.717) is 39.1 Å². The van der Waals surface area contributed by atoms with Gasteiger partial charge in [0.25, 0.3) is 5.56 Å². The fourth-order valence-electron chi connectivity index (χ4n) is 2.08. The minimum atomic E-state index is -0.127. The monoisotopic (exact) mass is 379 g/mol. The summed E-state index contributed by atoms with van der Waals surface area (Å²) in [5.74, 6) is 1.31. The summed E-state index contributed by atoms with van der Waals surface area (Å²) in [6.07, 6.45) is 0. The molecular formula is C16H14ClN3O2S2. The third-order valence-corrected chi connectivity index (χ3v) is 5.34. The highest BCUT2D eigenvalue weighted by Gasteiger charge is 2.07. The fraction of sp³-hybridized carbons (Fsp3) is 0.188. The third kappa shape index (κ3) is 4.37. The molecule has 2 heterocycles. The van der Waals surface area contributed by atoms with Crippen LogP contribution < -0.4 is 10.9 Å². The SMILES string of the molecule is O=C(CSCc1nc2ccsc2c(=O)[nH]1)NCc1ccc(Cl)cc1. The van der Waals surface area contributed by atoms with Crippen molar-refractivity contribution >= 4 is 50.8 Å². The first-order chi connectivity index (χ1) is 11.6. The Kier molecular flexibility index (Phi) is 5.55. The smallest absolute Gasteiger partial charge is 0.268 e. The molecule has 0 saturated heterocycles. The van der Waals surface area contributed by atoms with Gasteiger partial charge in [-0.15, -0.1) is 23.1 Å². The van der Waals surface area contributed by atoms with E-state index >= 15 is 0 Å². The Morgan fingerprint density at radius 3 is 2.88 bits per heavy atom. The van der Waals surface area contributed by atoms with Gasteiger partial charge in [0.15, 0.2) is 0 Å². The van der Waals surface area contributed by atoms with Crippen LogP contribution in [0, 0.1) is 0 Å². The van der Waals surface area contributed by atoms with Crippen molar-refractivity contribution in [3.05, 3.63) is 62.5 Å². The average molecular weight is 380 g/mol. The number of hydrogen-bond acceptors (Lipinski definition) is 5. The molecule has 3 aromatic rings. The topological polar surface area (TPSA) is 74.8 Å². The van der Waals surface area contributed by atoms with Gasteiger partial charge < -0.3 is 10.3 Å². The van der Waals surface area contributed by atoms with Crippen molar-refractivity contribution in [2.45, 2.75) is 12.3 Å². The minimum Gasteiger partial charge on any atom is -0.351 e. The molecular weight excluding hydrogens is 366 g/mol. The van der Waals surface area contributed by atoms with E-state index in [1.54, 1.807) is 12.1 Å². The number of benzene rings is 1. The number of carbonyl (C=O) groups excluding carboxylic acids is 1. The van der Waals surface area contributed by atoms with Crippen LogP contribution in [0.1, 0.15) is 11.4 Å². The molecule has 8 heteroatoms. The Bertz CT molecular complexity index is 906. The van der Waals surface area contributed by atoms with Crippen LogP contribution in [-0.2, 0) is 17.1 Å². The largest absolute Gasteiger partial charge is 0.351 e. The number of nitrogens with zero attached hydrogens (tertiary/aromatic N) is 1. The van der Waals surface area contributed by atoms with Crippen LogP contribution in [0.2, 0.25) is 5.02 Å². The molecule has 3 rings (SSSR count). The van der Waals surface area contributed by atoms with E-state index in [0.717, 1.165) is 5.56 Å². The molecule has 24 heavy (non-hydrogen) atoms. The van der Waals surface area contributed by atoms with E-state index in [2.05, 4.69) is 15.3 Å². The first-order valence-electron chi connectivity index (χ1n) is 7.17. The molecule has 0 aliphatic heterocycles. The lowest BCUT2D eigenvalue weighted by atomic mass is 10.2. The summed E-state index contributed by atoms with van der Waals surface area (Å²) >= 11 is 8.60. The number of thiophene rings is 1. The molecule has 1 amide bonds. The van der Waals surface area contributed by atoms with Crippen LogP contribution in [0.25, 0.3) is 10.2 Å². The molecule has 0 aliphatic rings. The fourth-order valence-corrected chi connectivity index (χ4v) is 3.66. The molecule has 1 aromatic carbocycles. The van der Waals surface area contributed by atoms with Gasteiger partial charge in [-0.25, -0.2) is 4.98 Å². The molecule has 0 aliphatic carbocycles. The Morgan fingerprint density at radius 1 is 1.29 bits per heavy atom. The Balaban J connectivity index is 1.47. The Morgan fingerprint density at radius 2 is 2.08 bits per heavy atom. The number of thioether (sulfide) groups is 1. The van der Waals surface area contributed by atoms with E-state index in [1.165, 1.54) is 23.1 Å². The summed E-state index contributed by atoms with van der Waals surface area (Å²) in [6.45, 7) is 0.465. The van der Waals surface area contributed by atoms with Crippen LogP contribution in [0.5, 0.6) is 0 Å². The normalized spacial score (nSPS) is 10.9. The molecule has 2 aromatic heterocycles. The van der Waals surface area contributed by atoms with E-state index < -0.39 is 0 Å². The number of halogens is 1. The third-order valence-electron chi connectivity index (χ3n) is 3.24. The van der Waals surface area contributed by atoms with Crippen LogP contribution >= 0.6 is 34.7 Å². The van der Waals surface area contributed by atoms with Gasteiger partial charge in [0.1, 0.15) is 10.5 Å². The lowest BCUT2D eigenvalue weighted by Gasteiger charge is -2.05. The van der Waals surface area contributed by atoms with Crippen LogP contribution in [0.15, 0.2) is 40.5 Å². The van der Waals surface area contributed by atoms with Gasteiger partial charge in [0, 0.05) is 11.6 Å². The van der Waals surface area contributed by atoms with Gasteiger partial charge in [-0.1, -0.05) is 23.7 Å². The number of aromatic nitrogens is 2. The molecule has 5 nitrogen and oxygen atoms in total. The zero-order valence-corrected chi connectivity index (χ0v) is 14.9. The maximum Gasteiger partial charge on any atom is 0.268 e. The van der Waals surface area contributed by atoms with Gasteiger partial charge >= 0.3 is 0 Å². The van der Waals surface area contributed by atoms with Crippen molar-refractivity contribution in [2.24, 2.45) is 0 Å². The lowest BCUT2D eigenvalue weighted by molar-refractivity contribution is -0.118. The second kappa shape index (κ2) is 7.83. The summed E-state index contributed by atoms with van der Waals surface area (Å²) in [5.41, 5.74) is 1.57. The molecule has 124 valence electrons. The second-order valence-corrected chi connectivity index (χ2v) is 7.38. The molecule has 0 fully saturated rings. The first-order valence-corrected chi connectivity index (χ1v) is 9.58. The number of aromatic amines is 1. The molecule has 0 spiro atoms. The number of hydrogen-bond donors (Lipinski definition) is 2. The average Bonchev–Trinajstić information content (AvgIpc) is 3.03. The zero-order chi connectivity index (χ0) is 16.9. The number of H-pyrrole nitrogens is 1. The zero-order valence-electron chi connectivity index (χ0n) is 12.5. The standard InChI is InChI=1S/C16H14ClN3O2S2/c17-11-3-1-10(2-4-11)7-18-14(21)9-23-8-13-19-12-5-6-24-15(12)16(22)20-13/h1-6H,7-9H2,(H,18,21)(H,19,20,22). The number of amides is 1. The highest BCUT2D eigenvalue weighted by atomic mass is 35.5. The Hall–Kier alpha value is -1.83. The number of fused-ring (bicyclic) bond motifs is 1. The van der Waals surface area contributed by atoms with Crippen LogP contribution in [0.3, 0.4) is 0 Å². The predicted molar refractivity (Wildman–Crippen MR) is 99.7 cm³/mol. The van der Waals surface area contributed by atoms with Crippen LogP contribution in [0.4, 0.5) is 0 Å². The molecule has 0 unspecified atom stereocenters. The summed E-state index contributed by atoms with van der Waals surface area (Å²) in [6, 6.07) is 9.16. The summed E-state index contributed by atoms with van der Waals surface area (Å²) in [4.78, 5) is 30.9. The second-order valence-electron chi connectivity index (χ2n) is 5.04. The van der Waals surface area contributed by atoms with Gasteiger partial charge in [0.2, 0.25) is 5.91 Å². The van der Waals surface area contributed by atoms with Crippen molar-refractivity contribution in [1.29, 1.82) is 0 Å². The Labute approximate surface area is 151 Å². The number of carbonyl (C=O) groups is 1. The van der Waals surface area contributed by atoms with Gasteiger partial charge in [-0.05, 0) is 29.1 Å². The van der Waals surface area contributed by atoms with Crippen molar-refractivity contribution in [2.75, 3.05) is 5.75 Å². The maximum atomic E-state index is 11.9. The highest BCUT2D eigenvalue weighted by molar-refractivity contribution is 7.99. The van der Waals surface area contributed by atoms with Crippen molar-refractivity contribution < 1.29 is 4.79 Å². The predicted octanol–water partition coefficient (Wildman–Crippen LogP) is 3.19. The minimum absolute atomic E-state index is 0.0612. The first kappa shape index (κ1) is 17.0. The van der Waals surface area contributed by atoms with Gasteiger partial charge in [0.05, 0.1) is 17.0 Å². The lowest BCUT2D eigenvalue weighted by Crippen LogP contribution is -2.24. The van der Waals surface area contributed by atoms with Crippen molar-refractivity contribution in [3.63, 3.8) is 0 Å². The summed E-state index contributed by atoms with van der Waals surface area (Å²) < 4.78 is 0.629. The highest BCUT2D eigenvalue weighted by Crippen LogP contribution is 2.15. The molecule has 0 bridgehead atoms. The van der Waals surface area contributed by atoms with Crippen LogP contribution in [-0.4, -0.2) is 21.6 Å². The van der Waals surface area contributed by atoms with Crippen molar-refractivity contribution in [3.8, 4) is 0 Å². The maximum absolute atomic E-state index is 11.9.